The number of anilines is 1. The molecule has 1 heterocycles. The minimum absolute atomic E-state index is 0.0588. The molecule has 122 valence electrons. The summed E-state index contributed by atoms with van der Waals surface area (Å²) in [5.41, 5.74) is 1.69. The van der Waals surface area contributed by atoms with Gasteiger partial charge < -0.3 is 4.90 Å². The number of benzene rings is 2. The van der Waals surface area contributed by atoms with Crippen molar-refractivity contribution in [3.63, 3.8) is 0 Å². The Bertz CT molecular complexity index is 874. The van der Waals surface area contributed by atoms with E-state index >= 15 is 0 Å². The van der Waals surface area contributed by atoms with Crippen LogP contribution < -0.4 is 4.90 Å². The molecular weight excluding hydrogens is 304 g/mol. The summed E-state index contributed by atoms with van der Waals surface area (Å²) in [4.78, 5) is 21.9. The quantitative estimate of drug-likeness (QED) is 0.523. The highest BCUT2D eigenvalue weighted by Gasteiger charge is 2.14. The van der Waals surface area contributed by atoms with Crippen LogP contribution in [0.5, 0.6) is 0 Å². The second-order valence-corrected chi connectivity index (χ2v) is 5.36. The van der Waals surface area contributed by atoms with E-state index in [9.17, 15) is 10.1 Å². The van der Waals surface area contributed by atoms with Crippen molar-refractivity contribution in [2.24, 2.45) is 0 Å². The Balaban J connectivity index is 2.16. The summed E-state index contributed by atoms with van der Waals surface area (Å²) < 4.78 is 0. The van der Waals surface area contributed by atoms with Crippen LogP contribution in [0, 0.1) is 10.1 Å². The fourth-order valence-electron chi connectivity index (χ4n) is 2.69. The Morgan fingerprint density at radius 3 is 2.29 bits per heavy atom. The molecule has 0 saturated heterocycles. The van der Waals surface area contributed by atoms with E-state index in [0.29, 0.717) is 5.82 Å². The first kappa shape index (κ1) is 15.9. The number of rotatable bonds is 5. The summed E-state index contributed by atoms with van der Waals surface area (Å²) >= 11 is 0. The molecular formula is C18H18N4O2. The molecule has 0 bridgehead atoms. The predicted molar refractivity (Wildman–Crippen MR) is 95.2 cm³/mol. The maximum Gasteiger partial charge on any atom is 0.269 e. The number of non-ortho nitro benzene ring substituents is 1. The Morgan fingerprint density at radius 2 is 1.67 bits per heavy atom. The van der Waals surface area contributed by atoms with Crippen molar-refractivity contribution in [2.45, 2.75) is 13.8 Å². The molecule has 1 aromatic heterocycles. The van der Waals surface area contributed by atoms with Crippen molar-refractivity contribution in [1.82, 2.24) is 9.97 Å². The Morgan fingerprint density at radius 1 is 1.00 bits per heavy atom. The van der Waals surface area contributed by atoms with E-state index in [-0.39, 0.29) is 5.69 Å². The standard InChI is InChI=1S/C18H18N4O2/c1-3-21(4-2)18-15-7-5-6-8-16(15)19-17(20-18)13-9-11-14(12-10-13)22(23)24/h5-12H,3-4H2,1-2H3. The van der Waals surface area contributed by atoms with Gasteiger partial charge in [-0.2, -0.15) is 0 Å². The van der Waals surface area contributed by atoms with E-state index in [2.05, 4.69) is 23.7 Å². The van der Waals surface area contributed by atoms with Gasteiger partial charge in [-0.05, 0) is 38.1 Å². The number of nitro groups is 1. The second kappa shape index (κ2) is 6.62. The molecule has 0 N–H and O–H groups in total. The number of nitro benzene ring substituents is 1. The van der Waals surface area contributed by atoms with E-state index < -0.39 is 4.92 Å². The highest BCUT2D eigenvalue weighted by Crippen LogP contribution is 2.28. The third-order valence-electron chi connectivity index (χ3n) is 3.98. The first-order chi connectivity index (χ1) is 11.6. The minimum Gasteiger partial charge on any atom is -0.357 e. The average molecular weight is 322 g/mol. The fraction of sp³-hybridized carbons (Fsp3) is 0.222. The van der Waals surface area contributed by atoms with Crippen molar-refractivity contribution in [1.29, 1.82) is 0 Å². The van der Waals surface area contributed by atoms with Crippen LogP contribution >= 0.6 is 0 Å². The molecule has 0 spiro atoms. The van der Waals surface area contributed by atoms with Crippen LogP contribution in [0.15, 0.2) is 48.5 Å². The smallest absolute Gasteiger partial charge is 0.269 e. The molecule has 0 atom stereocenters. The molecule has 2 aromatic carbocycles. The predicted octanol–water partition coefficient (Wildman–Crippen LogP) is 4.05. The molecule has 3 aromatic rings. The van der Waals surface area contributed by atoms with Gasteiger partial charge in [0.05, 0.1) is 10.4 Å². The molecule has 0 radical (unpaired) electrons. The summed E-state index contributed by atoms with van der Waals surface area (Å²) in [5, 5.41) is 11.8. The number of hydrogen-bond acceptors (Lipinski definition) is 5. The average Bonchev–Trinajstić information content (AvgIpc) is 2.62. The zero-order valence-corrected chi connectivity index (χ0v) is 13.6. The van der Waals surface area contributed by atoms with E-state index in [1.165, 1.54) is 12.1 Å². The zero-order chi connectivity index (χ0) is 17.1. The fourth-order valence-corrected chi connectivity index (χ4v) is 2.69. The van der Waals surface area contributed by atoms with Crippen molar-refractivity contribution in [3.8, 4) is 11.4 Å². The summed E-state index contributed by atoms with van der Waals surface area (Å²) in [6, 6.07) is 14.2. The van der Waals surface area contributed by atoms with Gasteiger partial charge in [-0.3, -0.25) is 10.1 Å². The van der Waals surface area contributed by atoms with Crippen molar-refractivity contribution in [2.75, 3.05) is 18.0 Å². The van der Waals surface area contributed by atoms with E-state index in [1.807, 2.05) is 24.3 Å². The van der Waals surface area contributed by atoms with Gasteiger partial charge in [0.25, 0.3) is 5.69 Å². The summed E-state index contributed by atoms with van der Waals surface area (Å²) in [5.74, 6) is 1.46. The molecule has 0 aliphatic heterocycles. The van der Waals surface area contributed by atoms with Gasteiger partial charge in [0.1, 0.15) is 5.82 Å². The third-order valence-corrected chi connectivity index (χ3v) is 3.98. The van der Waals surface area contributed by atoms with Gasteiger partial charge in [0, 0.05) is 36.2 Å². The molecule has 0 amide bonds. The summed E-state index contributed by atoms with van der Waals surface area (Å²) in [7, 11) is 0. The first-order valence-electron chi connectivity index (χ1n) is 7.90. The number of aromatic nitrogens is 2. The van der Waals surface area contributed by atoms with Crippen LogP contribution in [-0.2, 0) is 0 Å². The van der Waals surface area contributed by atoms with E-state index in [1.54, 1.807) is 12.1 Å². The van der Waals surface area contributed by atoms with Gasteiger partial charge in [-0.25, -0.2) is 9.97 Å². The highest BCUT2D eigenvalue weighted by molar-refractivity contribution is 5.91. The molecule has 0 saturated carbocycles. The summed E-state index contributed by atoms with van der Waals surface area (Å²) in [6.07, 6.45) is 0. The molecule has 0 aliphatic carbocycles. The topological polar surface area (TPSA) is 72.2 Å². The van der Waals surface area contributed by atoms with Crippen molar-refractivity contribution >= 4 is 22.4 Å². The van der Waals surface area contributed by atoms with E-state index in [4.69, 9.17) is 4.98 Å². The lowest BCUT2D eigenvalue weighted by Gasteiger charge is -2.22. The zero-order valence-electron chi connectivity index (χ0n) is 13.6. The van der Waals surface area contributed by atoms with Crippen molar-refractivity contribution in [3.05, 3.63) is 58.6 Å². The third kappa shape index (κ3) is 2.90. The number of para-hydroxylation sites is 1. The highest BCUT2D eigenvalue weighted by atomic mass is 16.6. The number of fused-ring (bicyclic) bond motifs is 1. The molecule has 0 unspecified atom stereocenters. The van der Waals surface area contributed by atoms with Crippen LogP contribution in [0.4, 0.5) is 11.5 Å². The summed E-state index contributed by atoms with van der Waals surface area (Å²) in [6.45, 7) is 5.87. The maximum absolute atomic E-state index is 10.8. The minimum atomic E-state index is -0.410. The molecule has 6 nitrogen and oxygen atoms in total. The van der Waals surface area contributed by atoms with Gasteiger partial charge in [0.15, 0.2) is 5.82 Å². The monoisotopic (exact) mass is 322 g/mol. The Hall–Kier alpha value is -3.02. The normalized spacial score (nSPS) is 10.8. The van der Waals surface area contributed by atoms with Crippen LogP contribution in [-0.4, -0.2) is 28.0 Å². The lowest BCUT2D eigenvalue weighted by Crippen LogP contribution is -2.23. The van der Waals surface area contributed by atoms with Gasteiger partial charge in [-0.15, -0.1) is 0 Å². The maximum atomic E-state index is 10.8. The SMILES string of the molecule is CCN(CC)c1nc(-c2ccc([N+](=O)[O-])cc2)nc2ccccc12. The Labute approximate surface area is 139 Å². The molecule has 0 aliphatic rings. The van der Waals surface area contributed by atoms with Gasteiger partial charge in [-0.1, -0.05) is 12.1 Å². The van der Waals surface area contributed by atoms with Crippen LogP contribution in [0.25, 0.3) is 22.3 Å². The van der Waals surface area contributed by atoms with Gasteiger partial charge >= 0.3 is 0 Å². The molecule has 24 heavy (non-hydrogen) atoms. The number of hydrogen-bond donors (Lipinski definition) is 0. The first-order valence-corrected chi connectivity index (χ1v) is 7.90. The number of nitrogens with zero attached hydrogens (tertiary/aromatic N) is 4. The van der Waals surface area contributed by atoms with E-state index in [0.717, 1.165) is 35.4 Å². The lowest BCUT2D eigenvalue weighted by molar-refractivity contribution is -0.384. The molecule has 6 heteroatoms. The largest absolute Gasteiger partial charge is 0.357 e. The molecule has 0 fully saturated rings. The molecule has 3 rings (SSSR count). The second-order valence-electron chi connectivity index (χ2n) is 5.36. The van der Waals surface area contributed by atoms with Crippen molar-refractivity contribution < 1.29 is 4.92 Å². The van der Waals surface area contributed by atoms with Crippen LogP contribution in [0.3, 0.4) is 0 Å². The van der Waals surface area contributed by atoms with Crippen LogP contribution in [0.2, 0.25) is 0 Å². The lowest BCUT2D eigenvalue weighted by atomic mass is 10.1. The van der Waals surface area contributed by atoms with Gasteiger partial charge in [0.2, 0.25) is 0 Å². The Kier molecular flexibility index (Phi) is 4.37. The van der Waals surface area contributed by atoms with Crippen LogP contribution in [0.1, 0.15) is 13.8 Å².